The first-order chi connectivity index (χ1) is 22.3. The lowest BCUT2D eigenvalue weighted by Gasteiger charge is -2.27. The number of anilines is 1. The quantitative estimate of drug-likeness (QED) is 0.175. The Morgan fingerprint density at radius 1 is 1.20 bits per heavy atom. The smallest absolute Gasteiger partial charge is 0.328 e. The first-order valence-corrected chi connectivity index (χ1v) is 19.4. The summed E-state index contributed by atoms with van der Waals surface area (Å²) in [6.07, 6.45) is 0.970. The summed E-state index contributed by atoms with van der Waals surface area (Å²) in [7, 11) is -7.33. The maximum atomic E-state index is 12.2. The summed E-state index contributed by atoms with van der Waals surface area (Å²) in [6.45, 7) is 14.0. The average molecular weight is 793 g/mol. The summed E-state index contributed by atoms with van der Waals surface area (Å²) in [5.41, 5.74) is 0.497. The van der Waals surface area contributed by atoms with E-state index in [9.17, 15) is 31.5 Å². The number of aromatic nitrogens is 2. The zero-order chi connectivity index (χ0) is 36.3. The van der Waals surface area contributed by atoms with Gasteiger partial charge in [0.15, 0.2) is 9.84 Å². The predicted octanol–water partition coefficient (Wildman–Crippen LogP) is 1.25. The molecule has 22 heteroatoms. The Morgan fingerprint density at radius 3 is 2.31 bits per heavy atom. The second kappa shape index (κ2) is 19.8. The molecule has 0 spiro atoms. The SMILES string of the molecule is CC(C)(C)NC[C@H](O)COc1nsnc1N1CCOCC1.CCNC1CC(C)S(=O)(=O)c2sc(S(N)(=O)=O)cc21.Cl.O=C(O)/C=C\C(=O)O. The molecule has 2 aromatic heterocycles. The molecule has 2 aliphatic rings. The molecule has 4 rings (SSSR count). The predicted molar refractivity (Wildman–Crippen MR) is 187 cm³/mol. The first kappa shape index (κ1) is 44.6. The molecule has 0 amide bonds. The Balaban J connectivity index is 0.000000398. The van der Waals surface area contributed by atoms with Gasteiger partial charge >= 0.3 is 11.9 Å². The highest BCUT2D eigenvalue weighted by molar-refractivity contribution is 7.95. The molecular formula is C27H45ClN6O11S4. The Labute approximate surface area is 300 Å². The molecule has 4 heterocycles. The van der Waals surface area contributed by atoms with E-state index < -0.39 is 43.2 Å². The molecule has 0 aromatic carbocycles. The monoisotopic (exact) mass is 792 g/mol. The van der Waals surface area contributed by atoms with E-state index >= 15 is 0 Å². The van der Waals surface area contributed by atoms with E-state index in [1.165, 1.54) is 6.07 Å². The number of aliphatic hydroxyl groups excluding tert-OH is 1. The maximum Gasteiger partial charge on any atom is 0.328 e. The summed E-state index contributed by atoms with van der Waals surface area (Å²) in [4.78, 5) is 21.2. The van der Waals surface area contributed by atoms with Gasteiger partial charge in [0, 0.05) is 48.9 Å². The topological polar surface area (TPSA) is 261 Å². The van der Waals surface area contributed by atoms with Crippen LogP contribution in [0.4, 0.5) is 5.82 Å². The summed E-state index contributed by atoms with van der Waals surface area (Å²) in [5, 5.41) is 36.5. The van der Waals surface area contributed by atoms with Crippen molar-refractivity contribution >= 4 is 73.1 Å². The van der Waals surface area contributed by atoms with E-state index in [1.807, 2.05) is 6.92 Å². The van der Waals surface area contributed by atoms with Crippen LogP contribution in [0.5, 0.6) is 5.88 Å². The number of morpholine rings is 1. The molecule has 7 N–H and O–H groups in total. The summed E-state index contributed by atoms with van der Waals surface area (Å²) < 4.78 is 66.7. The van der Waals surface area contributed by atoms with Gasteiger partial charge < -0.3 is 40.3 Å². The molecule has 2 aliphatic heterocycles. The third-order valence-electron chi connectivity index (χ3n) is 6.57. The van der Waals surface area contributed by atoms with Crippen molar-refractivity contribution in [3.8, 4) is 5.88 Å². The molecule has 3 atom stereocenters. The number of sulfonamides is 1. The van der Waals surface area contributed by atoms with Crippen molar-refractivity contribution in [1.82, 2.24) is 19.4 Å². The number of halogens is 1. The molecule has 49 heavy (non-hydrogen) atoms. The molecular weight excluding hydrogens is 748 g/mol. The van der Waals surface area contributed by atoms with E-state index in [-0.39, 0.29) is 39.0 Å². The maximum absolute atomic E-state index is 12.2. The van der Waals surface area contributed by atoms with Crippen LogP contribution in [0.2, 0.25) is 0 Å². The minimum atomic E-state index is -3.88. The minimum absolute atomic E-state index is 0. The van der Waals surface area contributed by atoms with Crippen molar-refractivity contribution < 1.29 is 51.2 Å². The van der Waals surface area contributed by atoms with Gasteiger partial charge in [-0.1, -0.05) is 6.92 Å². The number of nitrogens with one attached hydrogen (secondary N) is 2. The molecule has 0 saturated carbocycles. The molecule has 0 bridgehead atoms. The number of sulfone groups is 1. The average Bonchev–Trinajstić information content (AvgIpc) is 3.67. The zero-order valence-corrected chi connectivity index (χ0v) is 31.8. The van der Waals surface area contributed by atoms with Crippen LogP contribution in [0.1, 0.15) is 52.6 Å². The largest absolute Gasteiger partial charge is 0.478 e. The molecule has 0 radical (unpaired) electrons. The van der Waals surface area contributed by atoms with Crippen LogP contribution in [0, 0.1) is 0 Å². The summed E-state index contributed by atoms with van der Waals surface area (Å²) in [6, 6.07) is 1.23. The van der Waals surface area contributed by atoms with Gasteiger partial charge in [-0.2, -0.15) is 4.37 Å². The number of carboxylic acids is 2. The number of ether oxygens (including phenoxy) is 2. The van der Waals surface area contributed by atoms with Crippen molar-refractivity contribution in [1.29, 1.82) is 0 Å². The zero-order valence-electron chi connectivity index (χ0n) is 27.7. The van der Waals surface area contributed by atoms with Crippen LogP contribution < -0.4 is 25.4 Å². The van der Waals surface area contributed by atoms with Gasteiger partial charge in [0.25, 0.3) is 5.88 Å². The number of hydrogen-bond acceptors (Lipinski definition) is 16. The lowest BCUT2D eigenvalue weighted by atomic mass is 10.1. The molecule has 0 aliphatic carbocycles. The fourth-order valence-electron chi connectivity index (χ4n) is 4.21. The summed E-state index contributed by atoms with van der Waals surface area (Å²) in [5.74, 6) is -1.27. The molecule has 17 nitrogen and oxygen atoms in total. The molecule has 1 saturated heterocycles. The number of carboxylic acid groups (broad SMARTS) is 2. The Kier molecular flexibility index (Phi) is 18.0. The van der Waals surface area contributed by atoms with Gasteiger partial charge in [0.1, 0.15) is 21.1 Å². The second-order valence-corrected chi connectivity index (χ2v) is 17.6. The third-order valence-corrected chi connectivity index (χ3v) is 12.4. The normalized spacial score (nSPS) is 19.3. The number of thiophene rings is 1. The first-order valence-electron chi connectivity index (χ1n) is 14.7. The van der Waals surface area contributed by atoms with Crippen LogP contribution in [-0.2, 0) is 34.2 Å². The number of hydrogen-bond donors (Lipinski definition) is 6. The number of carbonyl (C=O) groups is 2. The van der Waals surface area contributed by atoms with Gasteiger partial charge in [-0.15, -0.1) is 28.1 Å². The van der Waals surface area contributed by atoms with Crippen molar-refractivity contribution in [3.05, 3.63) is 23.8 Å². The highest BCUT2D eigenvalue weighted by Gasteiger charge is 2.39. The van der Waals surface area contributed by atoms with Crippen LogP contribution in [0.15, 0.2) is 26.6 Å². The Morgan fingerprint density at radius 2 is 1.80 bits per heavy atom. The second-order valence-electron chi connectivity index (χ2n) is 11.7. The number of β-amino-alcohol motifs (C(OH)–C–C–N with tert-alkyl or cyclic N) is 1. The van der Waals surface area contributed by atoms with E-state index in [4.69, 9.17) is 24.8 Å². The van der Waals surface area contributed by atoms with Gasteiger partial charge in [-0.3, -0.25) is 0 Å². The standard InChI is InChI=1S/C13H24N4O3S.C10H16N2O4S3.C4H4O4.ClH/c1-13(2,3)14-8-10(18)9-20-12-11(15-21-16-12)17-4-6-19-7-5-17;1-3-12-8-4-6(2)18(13,14)10-7(8)5-9(17-10)19(11,15)16;5-3(6)1-2-4(7)8;/h10,14,18H,4-9H2,1-3H3;5-6,8,12H,3-4H2,1-2H3,(H2,11,15,16);1-2H,(H,5,6)(H,7,8);1H/b;;2-1-;/t10-;;;/m0.../s1. The van der Waals surface area contributed by atoms with Crippen molar-refractivity contribution in [3.63, 3.8) is 0 Å². The molecule has 1 fully saturated rings. The van der Waals surface area contributed by atoms with E-state index in [0.717, 1.165) is 42.0 Å². The number of aliphatic hydroxyl groups is 1. The lowest BCUT2D eigenvalue weighted by molar-refractivity contribution is -0.134. The number of aliphatic carboxylic acids is 2. The van der Waals surface area contributed by atoms with Crippen LogP contribution in [0.25, 0.3) is 0 Å². The summed E-state index contributed by atoms with van der Waals surface area (Å²) >= 11 is 1.87. The van der Waals surface area contributed by atoms with E-state index in [1.54, 1.807) is 6.92 Å². The molecule has 2 aromatic rings. The highest BCUT2D eigenvalue weighted by Crippen LogP contribution is 2.42. The van der Waals surface area contributed by atoms with Crippen LogP contribution >= 0.6 is 35.5 Å². The fourth-order valence-corrected chi connectivity index (χ4v) is 9.15. The van der Waals surface area contributed by atoms with Gasteiger partial charge in [-0.05, 0) is 46.7 Å². The van der Waals surface area contributed by atoms with Gasteiger partial charge in [0.2, 0.25) is 15.8 Å². The molecule has 2 unspecified atom stereocenters. The number of fused-ring (bicyclic) bond motifs is 1. The number of primary sulfonamides is 1. The van der Waals surface area contributed by atoms with E-state index in [0.29, 0.717) is 56.3 Å². The Bertz CT molecular complexity index is 1590. The van der Waals surface area contributed by atoms with E-state index in [2.05, 4.69) is 45.1 Å². The lowest BCUT2D eigenvalue weighted by Crippen LogP contribution is -2.42. The number of rotatable bonds is 11. The van der Waals surface area contributed by atoms with Crippen LogP contribution in [0.3, 0.4) is 0 Å². The number of nitrogens with zero attached hydrogens (tertiary/aromatic N) is 3. The third kappa shape index (κ3) is 14.7. The highest BCUT2D eigenvalue weighted by atomic mass is 35.5. The molecule has 280 valence electrons. The number of nitrogens with two attached hydrogens (primary N) is 1. The van der Waals surface area contributed by atoms with Gasteiger partial charge in [-0.25, -0.2) is 31.6 Å². The minimum Gasteiger partial charge on any atom is -0.478 e. The van der Waals surface area contributed by atoms with Crippen LogP contribution in [-0.4, -0.2) is 116 Å². The van der Waals surface area contributed by atoms with Gasteiger partial charge in [0.05, 0.1) is 30.2 Å². The van der Waals surface area contributed by atoms with Crippen molar-refractivity contribution in [2.45, 2.75) is 72.4 Å². The van der Waals surface area contributed by atoms with Crippen molar-refractivity contribution in [2.24, 2.45) is 5.14 Å². The fraction of sp³-hybridized carbons (Fsp3) is 0.630. The van der Waals surface area contributed by atoms with Crippen molar-refractivity contribution in [2.75, 3.05) is 50.9 Å². The Hall–Kier alpha value is -2.47.